The molecule has 7 nitrogen and oxygen atoms in total. The van der Waals surface area contributed by atoms with Gasteiger partial charge in [-0.15, -0.1) is 0 Å². The molecule has 0 saturated heterocycles. The van der Waals surface area contributed by atoms with Crippen LogP contribution >= 0.6 is 0 Å². The van der Waals surface area contributed by atoms with Gasteiger partial charge >= 0.3 is 51.4 Å². The van der Waals surface area contributed by atoms with Crippen molar-refractivity contribution in [3.63, 3.8) is 0 Å². The zero-order valence-electron chi connectivity index (χ0n) is 15.0. The number of nitrogens with one attached hydrogen (secondary N) is 1. The van der Waals surface area contributed by atoms with Crippen LogP contribution in [0.4, 0.5) is 5.69 Å². The van der Waals surface area contributed by atoms with Crippen LogP contribution in [0.3, 0.4) is 0 Å². The third-order valence-corrected chi connectivity index (χ3v) is 4.05. The predicted molar refractivity (Wildman–Crippen MR) is 94.5 cm³/mol. The van der Waals surface area contributed by atoms with Crippen LogP contribution in [0.5, 0.6) is 0 Å². The molecule has 0 bridgehead atoms. The third-order valence-electron chi connectivity index (χ3n) is 4.05. The van der Waals surface area contributed by atoms with Gasteiger partial charge in [-0.2, -0.15) is 0 Å². The van der Waals surface area contributed by atoms with Crippen molar-refractivity contribution in [2.45, 2.75) is 12.8 Å². The Morgan fingerprint density at radius 3 is 2.56 bits per heavy atom. The fourth-order valence-electron chi connectivity index (χ4n) is 2.80. The number of imidazole rings is 1. The summed E-state index contributed by atoms with van der Waals surface area (Å²) in [4.78, 5) is 27.0. The molecule has 0 aliphatic rings. The smallest absolute Gasteiger partial charge is 0.550 e. The van der Waals surface area contributed by atoms with Crippen molar-refractivity contribution in [3.05, 3.63) is 54.9 Å². The summed E-state index contributed by atoms with van der Waals surface area (Å²) in [7, 11) is 0. The molecule has 1 heterocycles. The average Bonchev–Trinajstić information content (AvgIpc) is 3.04. The van der Waals surface area contributed by atoms with Crippen molar-refractivity contribution >= 4 is 28.6 Å². The van der Waals surface area contributed by atoms with Crippen molar-refractivity contribution < 1.29 is 71.2 Å². The summed E-state index contributed by atoms with van der Waals surface area (Å²) in [6.45, 7) is -0.387. The topological polar surface area (TPSA) is 107 Å². The Labute approximate surface area is 198 Å². The minimum Gasteiger partial charge on any atom is -0.550 e. The van der Waals surface area contributed by atoms with Crippen LogP contribution in [0, 0.1) is 5.92 Å². The van der Waals surface area contributed by atoms with Gasteiger partial charge in [0, 0.05) is 30.4 Å². The van der Waals surface area contributed by atoms with E-state index in [0.717, 1.165) is 16.7 Å². The summed E-state index contributed by atoms with van der Waals surface area (Å²) in [5.74, 6) is -2.32. The van der Waals surface area contributed by atoms with Gasteiger partial charge in [0.1, 0.15) is 6.33 Å². The van der Waals surface area contributed by atoms with Crippen LogP contribution in [0.2, 0.25) is 0 Å². The number of aliphatic hydroxyl groups is 1. The van der Waals surface area contributed by atoms with Crippen LogP contribution in [-0.2, 0) is 9.59 Å². The number of aliphatic carboxylic acids is 1. The molecule has 1 aromatic heterocycles. The molecule has 0 aliphatic heterocycles. The Morgan fingerprint density at radius 1 is 1.15 bits per heavy atom. The second kappa shape index (κ2) is 10.1. The molecular formula is C19H18KN3O4. The first-order valence-corrected chi connectivity index (χ1v) is 8.20. The first-order valence-electron chi connectivity index (χ1n) is 8.20. The molecule has 0 radical (unpaired) electrons. The molecule has 3 rings (SSSR count). The maximum absolute atomic E-state index is 12.1. The van der Waals surface area contributed by atoms with Gasteiger partial charge < -0.3 is 20.3 Å². The monoisotopic (exact) mass is 391 g/mol. The number of aromatic nitrogens is 2. The molecule has 0 aliphatic carbocycles. The van der Waals surface area contributed by atoms with Crippen LogP contribution in [0.25, 0.3) is 16.7 Å². The third kappa shape index (κ3) is 5.71. The molecule has 1 amide bonds. The van der Waals surface area contributed by atoms with Gasteiger partial charge in [0.15, 0.2) is 0 Å². The van der Waals surface area contributed by atoms with E-state index in [-0.39, 0.29) is 76.7 Å². The van der Waals surface area contributed by atoms with Crippen molar-refractivity contribution in [2.75, 3.05) is 11.9 Å². The molecular weight excluding hydrogens is 373 g/mol. The van der Waals surface area contributed by atoms with Gasteiger partial charge in [0.25, 0.3) is 0 Å². The molecule has 0 spiro atoms. The summed E-state index contributed by atoms with van der Waals surface area (Å²) < 4.78 is 1.95. The van der Waals surface area contributed by atoms with Gasteiger partial charge in [0.2, 0.25) is 5.91 Å². The van der Waals surface area contributed by atoms with E-state index in [9.17, 15) is 14.7 Å². The van der Waals surface area contributed by atoms with Crippen LogP contribution in [0.15, 0.2) is 54.9 Å². The van der Waals surface area contributed by atoms with Crippen molar-refractivity contribution in [3.8, 4) is 5.69 Å². The molecule has 134 valence electrons. The van der Waals surface area contributed by atoms with Crippen molar-refractivity contribution in [1.82, 2.24) is 9.55 Å². The number of carbonyl (C=O) groups excluding carboxylic acids is 2. The van der Waals surface area contributed by atoms with Crippen molar-refractivity contribution in [2.24, 2.45) is 5.92 Å². The largest absolute Gasteiger partial charge is 1.00 e. The number of para-hydroxylation sites is 1. The number of fused-ring (bicyclic) bond motifs is 1. The minimum atomic E-state index is -1.29. The second-order valence-electron chi connectivity index (χ2n) is 6.03. The number of carbonyl (C=O) groups is 2. The average molecular weight is 391 g/mol. The van der Waals surface area contributed by atoms with E-state index in [1.54, 1.807) is 18.5 Å². The van der Waals surface area contributed by atoms with E-state index < -0.39 is 11.9 Å². The van der Waals surface area contributed by atoms with Gasteiger partial charge in [-0.3, -0.25) is 9.36 Å². The Bertz CT molecular complexity index is 927. The van der Waals surface area contributed by atoms with Gasteiger partial charge in [-0.05, 0) is 42.7 Å². The fraction of sp³-hybridized carbons (Fsp3) is 0.211. The number of benzene rings is 2. The molecule has 0 saturated carbocycles. The second-order valence-corrected chi connectivity index (χ2v) is 6.03. The maximum atomic E-state index is 12.1. The SMILES string of the molecule is O=C([O-])CC(CO)CC(=O)Nc1ccc2c(c1)ncn2-c1ccccc1.[K+]. The Morgan fingerprint density at radius 2 is 1.89 bits per heavy atom. The number of hydrogen-bond donors (Lipinski definition) is 2. The molecule has 8 heteroatoms. The molecule has 0 fully saturated rings. The number of nitrogens with zero attached hydrogens (tertiary/aromatic N) is 2. The molecule has 1 atom stereocenters. The first kappa shape index (κ1) is 21.7. The zero-order chi connectivity index (χ0) is 18.5. The maximum Gasteiger partial charge on any atom is 1.00 e. The zero-order valence-corrected chi connectivity index (χ0v) is 18.1. The van der Waals surface area contributed by atoms with Crippen LogP contribution in [0.1, 0.15) is 12.8 Å². The molecule has 2 aromatic carbocycles. The van der Waals surface area contributed by atoms with Gasteiger partial charge in [-0.25, -0.2) is 4.98 Å². The van der Waals surface area contributed by atoms with E-state index in [2.05, 4.69) is 10.3 Å². The number of anilines is 1. The van der Waals surface area contributed by atoms with E-state index in [1.165, 1.54) is 0 Å². The summed E-state index contributed by atoms with van der Waals surface area (Å²) in [5, 5.41) is 22.5. The number of aliphatic hydroxyl groups excluding tert-OH is 1. The predicted octanol–water partition coefficient (Wildman–Crippen LogP) is -1.89. The quantitative estimate of drug-likeness (QED) is 0.458. The van der Waals surface area contributed by atoms with Crippen LogP contribution in [-0.4, -0.2) is 33.1 Å². The summed E-state index contributed by atoms with van der Waals surface area (Å²) in [6.07, 6.45) is 1.26. The van der Waals surface area contributed by atoms with E-state index in [1.807, 2.05) is 41.0 Å². The van der Waals surface area contributed by atoms with Gasteiger partial charge in [-0.1, -0.05) is 18.2 Å². The van der Waals surface area contributed by atoms with Crippen LogP contribution < -0.4 is 61.8 Å². The minimum absolute atomic E-state index is 0. The Kier molecular flexibility index (Phi) is 8.15. The summed E-state index contributed by atoms with van der Waals surface area (Å²) in [5.41, 5.74) is 3.17. The standard InChI is InChI=1S/C19H19N3O4.K/c23-11-13(9-19(25)26)8-18(24)21-14-6-7-17-16(10-14)20-12-22(17)15-4-2-1-3-5-15;/h1-7,10,12-13,23H,8-9,11H2,(H,21,24)(H,25,26);/q;+1/p-1. The van der Waals surface area contributed by atoms with E-state index in [4.69, 9.17) is 5.11 Å². The molecule has 27 heavy (non-hydrogen) atoms. The first-order chi connectivity index (χ1) is 12.6. The van der Waals surface area contributed by atoms with E-state index >= 15 is 0 Å². The molecule has 1 unspecified atom stereocenters. The Balaban J connectivity index is 0.00000261. The van der Waals surface area contributed by atoms with E-state index in [0.29, 0.717) is 5.69 Å². The number of rotatable bonds is 7. The molecule has 3 aromatic rings. The number of carboxylic acid groups (broad SMARTS) is 1. The number of hydrogen-bond acceptors (Lipinski definition) is 5. The normalized spacial score (nSPS) is 11.6. The number of carboxylic acids is 1. The Hall–Kier alpha value is -1.55. The number of amides is 1. The summed E-state index contributed by atoms with van der Waals surface area (Å²) in [6, 6.07) is 15.1. The molecule has 2 N–H and O–H groups in total. The van der Waals surface area contributed by atoms with Gasteiger partial charge in [0.05, 0.1) is 11.0 Å². The van der Waals surface area contributed by atoms with Crippen molar-refractivity contribution in [1.29, 1.82) is 0 Å². The summed E-state index contributed by atoms with van der Waals surface area (Å²) >= 11 is 0. The fourth-order valence-corrected chi connectivity index (χ4v) is 2.80.